The lowest BCUT2D eigenvalue weighted by Gasteiger charge is -2.33. The molecule has 0 atom stereocenters. The summed E-state index contributed by atoms with van der Waals surface area (Å²) in [7, 11) is -1.87. The van der Waals surface area contributed by atoms with Crippen LogP contribution in [0.1, 0.15) is 33.6 Å². The van der Waals surface area contributed by atoms with E-state index < -0.39 is 20.7 Å². The Bertz CT molecular complexity index is 668. The highest BCUT2D eigenvalue weighted by atomic mass is 32.2. The fraction of sp³-hybridized carbons (Fsp3) is 0.588. The Morgan fingerprint density at radius 3 is 2.12 bits per heavy atom. The normalized spacial score (nSPS) is 16.8. The zero-order chi connectivity index (χ0) is 18.0. The Balaban J connectivity index is 2.01. The Morgan fingerprint density at radius 1 is 1.12 bits per heavy atom. The van der Waals surface area contributed by atoms with Crippen molar-refractivity contribution in [3.05, 3.63) is 24.3 Å². The van der Waals surface area contributed by atoms with Gasteiger partial charge in [-0.25, -0.2) is 13.2 Å². The van der Waals surface area contributed by atoms with Crippen LogP contribution < -0.4 is 4.74 Å². The van der Waals surface area contributed by atoms with Crippen LogP contribution in [-0.2, 0) is 14.6 Å². The van der Waals surface area contributed by atoms with E-state index in [1.165, 1.54) is 7.11 Å². The molecule has 1 saturated heterocycles. The molecule has 7 heteroatoms. The lowest BCUT2D eigenvalue weighted by atomic mass is 10.1. The summed E-state index contributed by atoms with van der Waals surface area (Å²) in [5.41, 5.74) is -0.552. The number of piperidine rings is 1. The number of hydrogen-bond acceptors (Lipinski definition) is 5. The minimum Gasteiger partial charge on any atom is -0.497 e. The first-order valence-electron chi connectivity index (χ1n) is 7.99. The maximum Gasteiger partial charge on any atom is 0.410 e. The lowest BCUT2D eigenvalue weighted by Crippen LogP contribution is -2.44. The van der Waals surface area contributed by atoms with Crippen molar-refractivity contribution in [2.24, 2.45) is 0 Å². The second-order valence-electron chi connectivity index (χ2n) is 6.89. The van der Waals surface area contributed by atoms with Crippen molar-refractivity contribution in [1.82, 2.24) is 4.90 Å². The van der Waals surface area contributed by atoms with E-state index in [0.717, 1.165) is 0 Å². The van der Waals surface area contributed by atoms with Gasteiger partial charge in [-0.15, -0.1) is 0 Å². The molecule has 1 aromatic carbocycles. The first kappa shape index (κ1) is 18.6. The van der Waals surface area contributed by atoms with Gasteiger partial charge in [0.15, 0.2) is 9.84 Å². The predicted octanol–water partition coefficient (Wildman–Crippen LogP) is 2.87. The van der Waals surface area contributed by atoms with Crippen molar-refractivity contribution in [3.8, 4) is 5.75 Å². The highest BCUT2D eigenvalue weighted by Gasteiger charge is 2.34. The van der Waals surface area contributed by atoms with Gasteiger partial charge in [0.2, 0.25) is 0 Å². The molecule has 0 radical (unpaired) electrons. The SMILES string of the molecule is COc1ccc(S(=O)(=O)C2CCN(C(=O)OC(C)(C)C)CC2)cc1. The number of carbonyl (C=O) groups is 1. The topological polar surface area (TPSA) is 72.9 Å². The van der Waals surface area contributed by atoms with Gasteiger partial charge in [-0.05, 0) is 57.9 Å². The number of sulfone groups is 1. The molecule has 0 aliphatic carbocycles. The molecule has 1 fully saturated rings. The number of rotatable bonds is 3. The molecule has 0 spiro atoms. The third-order valence-corrected chi connectivity index (χ3v) is 6.20. The molecular weight excluding hydrogens is 330 g/mol. The first-order valence-corrected chi connectivity index (χ1v) is 9.54. The van der Waals surface area contributed by atoms with Crippen LogP contribution in [0.4, 0.5) is 4.79 Å². The number of hydrogen-bond donors (Lipinski definition) is 0. The van der Waals surface area contributed by atoms with Gasteiger partial charge in [-0.1, -0.05) is 0 Å². The summed E-state index contributed by atoms with van der Waals surface area (Å²) in [6, 6.07) is 6.41. The summed E-state index contributed by atoms with van der Waals surface area (Å²) in [5, 5.41) is -0.482. The molecule has 0 saturated carbocycles. The van der Waals surface area contributed by atoms with E-state index in [-0.39, 0.29) is 6.09 Å². The van der Waals surface area contributed by atoms with Crippen molar-refractivity contribution in [2.45, 2.75) is 49.4 Å². The second-order valence-corrected chi connectivity index (χ2v) is 9.12. The smallest absolute Gasteiger partial charge is 0.410 e. The summed E-state index contributed by atoms with van der Waals surface area (Å²) in [4.78, 5) is 13.9. The molecule has 6 nitrogen and oxygen atoms in total. The maximum atomic E-state index is 12.7. The van der Waals surface area contributed by atoms with Gasteiger partial charge in [0.1, 0.15) is 11.4 Å². The average molecular weight is 355 g/mol. The van der Waals surface area contributed by atoms with Gasteiger partial charge in [0, 0.05) is 13.1 Å². The van der Waals surface area contributed by atoms with Crippen LogP contribution in [0.2, 0.25) is 0 Å². The standard InChI is InChI=1S/C17H25NO5S/c1-17(2,3)23-16(19)18-11-9-15(10-12-18)24(20,21)14-7-5-13(22-4)6-8-14/h5-8,15H,9-12H2,1-4H3. The summed E-state index contributed by atoms with van der Waals surface area (Å²) >= 11 is 0. The third kappa shape index (κ3) is 4.41. The molecular formula is C17H25NO5S. The quantitative estimate of drug-likeness (QED) is 0.833. The summed E-state index contributed by atoms with van der Waals surface area (Å²) < 4.78 is 35.8. The summed E-state index contributed by atoms with van der Waals surface area (Å²) in [6.45, 7) is 6.20. The zero-order valence-electron chi connectivity index (χ0n) is 14.6. The van der Waals surface area contributed by atoms with Crippen LogP contribution in [0.15, 0.2) is 29.2 Å². The Kier molecular flexibility index (Phi) is 5.42. The van der Waals surface area contributed by atoms with Gasteiger partial charge in [0.25, 0.3) is 0 Å². The average Bonchev–Trinajstić information content (AvgIpc) is 2.53. The fourth-order valence-corrected chi connectivity index (χ4v) is 4.36. The number of amides is 1. The van der Waals surface area contributed by atoms with E-state index in [2.05, 4.69) is 0 Å². The lowest BCUT2D eigenvalue weighted by molar-refractivity contribution is 0.0217. The number of methoxy groups -OCH3 is 1. The Labute approximate surface area is 143 Å². The number of nitrogens with zero attached hydrogens (tertiary/aromatic N) is 1. The van der Waals surface area contributed by atoms with E-state index in [1.807, 2.05) is 20.8 Å². The van der Waals surface area contributed by atoms with E-state index >= 15 is 0 Å². The molecule has 1 heterocycles. The van der Waals surface area contributed by atoms with Crippen LogP contribution in [0.3, 0.4) is 0 Å². The van der Waals surface area contributed by atoms with Gasteiger partial charge in [-0.2, -0.15) is 0 Å². The third-order valence-electron chi connectivity index (χ3n) is 3.92. The highest BCUT2D eigenvalue weighted by molar-refractivity contribution is 7.92. The number of likely N-dealkylation sites (tertiary alicyclic amines) is 1. The van der Waals surface area contributed by atoms with Gasteiger partial charge in [0.05, 0.1) is 17.3 Å². The first-order chi connectivity index (χ1) is 11.1. The van der Waals surface area contributed by atoms with E-state index in [1.54, 1.807) is 29.2 Å². The minimum atomic E-state index is -3.41. The van der Waals surface area contributed by atoms with E-state index in [9.17, 15) is 13.2 Å². The molecule has 1 amide bonds. The Hall–Kier alpha value is -1.76. The van der Waals surface area contributed by atoms with Crippen LogP contribution in [-0.4, -0.2) is 50.5 Å². The molecule has 134 valence electrons. The molecule has 0 aromatic heterocycles. The van der Waals surface area contributed by atoms with Crippen LogP contribution >= 0.6 is 0 Å². The van der Waals surface area contributed by atoms with Gasteiger partial charge in [-0.3, -0.25) is 0 Å². The molecule has 0 N–H and O–H groups in total. The van der Waals surface area contributed by atoms with Crippen LogP contribution in [0, 0.1) is 0 Å². The summed E-state index contributed by atoms with van der Waals surface area (Å²) in [5.74, 6) is 0.619. The fourth-order valence-electron chi connectivity index (χ4n) is 2.63. The van der Waals surface area contributed by atoms with Crippen LogP contribution in [0.25, 0.3) is 0 Å². The zero-order valence-corrected chi connectivity index (χ0v) is 15.4. The van der Waals surface area contributed by atoms with Gasteiger partial charge < -0.3 is 14.4 Å². The monoisotopic (exact) mass is 355 g/mol. The molecule has 1 aliphatic heterocycles. The highest BCUT2D eigenvalue weighted by Crippen LogP contribution is 2.26. The molecule has 2 rings (SSSR count). The predicted molar refractivity (Wildman–Crippen MR) is 91.0 cm³/mol. The van der Waals surface area contributed by atoms with Crippen molar-refractivity contribution in [1.29, 1.82) is 0 Å². The van der Waals surface area contributed by atoms with E-state index in [4.69, 9.17) is 9.47 Å². The van der Waals surface area contributed by atoms with E-state index in [0.29, 0.717) is 36.6 Å². The number of benzene rings is 1. The molecule has 1 aliphatic rings. The largest absolute Gasteiger partial charge is 0.497 e. The Morgan fingerprint density at radius 2 is 1.67 bits per heavy atom. The molecule has 1 aromatic rings. The molecule has 0 unspecified atom stereocenters. The van der Waals surface area contributed by atoms with Crippen molar-refractivity contribution >= 4 is 15.9 Å². The molecule has 0 bridgehead atoms. The van der Waals surface area contributed by atoms with Crippen molar-refractivity contribution in [2.75, 3.05) is 20.2 Å². The van der Waals surface area contributed by atoms with Crippen LogP contribution in [0.5, 0.6) is 5.75 Å². The van der Waals surface area contributed by atoms with Crippen molar-refractivity contribution < 1.29 is 22.7 Å². The number of carbonyl (C=O) groups excluding carboxylic acids is 1. The molecule has 24 heavy (non-hydrogen) atoms. The van der Waals surface area contributed by atoms with Crippen molar-refractivity contribution in [3.63, 3.8) is 0 Å². The maximum absolute atomic E-state index is 12.7. The second kappa shape index (κ2) is 7.01. The summed E-state index contributed by atoms with van der Waals surface area (Å²) in [6.07, 6.45) is 0.434. The number of ether oxygens (including phenoxy) is 2. The van der Waals surface area contributed by atoms with Gasteiger partial charge >= 0.3 is 6.09 Å². The minimum absolute atomic E-state index is 0.291.